The van der Waals surface area contributed by atoms with Gasteiger partial charge < -0.3 is 9.26 Å². The molecule has 1 aromatic heterocycles. The summed E-state index contributed by atoms with van der Waals surface area (Å²) in [5.41, 5.74) is 0.232. The molecule has 1 saturated carbocycles. The Morgan fingerprint density at radius 1 is 1.35 bits per heavy atom. The highest BCUT2D eigenvalue weighted by Gasteiger charge is 2.34. The number of alkyl halides is 3. The van der Waals surface area contributed by atoms with Crippen molar-refractivity contribution in [2.75, 3.05) is 6.61 Å². The number of aromatic nitrogens is 1. The number of carbonyl (C=O) groups is 1. The van der Waals surface area contributed by atoms with E-state index in [9.17, 15) is 18.0 Å². The average molecular weight is 346 g/mol. The summed E-state index contributed by atoms with van der Waals surface area (Å²) >= 11 is 5.78. The van der Waals surface area contributed by atoms with Crippen LogP contribution in [0, 0.1) is 0 Å². The number of hydrogen-bond donors (Lipinski definition) is 0. The number of carbonyl (C=O) groups excluding carboxylic acids is 1. The molecule has 4 nitrogen and oxygen atoms in total. The molecular weight excluding hydrogens is 335 g/mol. The molecule has 1 heterocycles. The van der Waals surface area contributed by atoms with Crippen molar-refractivity contribution in [2.24, 2.45) is 0 Å². The summed E-state index contributed by atoms with van der Waals surface area (Å²) in [7, 11) is 0. The van der Waals surface area contributed by atoms with Crippen LogP contribution in [0.25, 0.3) is 0 Å². The summed E-state index contributed by atoms with van der Waals surface area (Å²) in [6.45, 7) is -1.51. The Labute approximate surface area is 134 Å². The van der Waals surface area contributed by atoms with Gasteiger partial charge in [-0.15, -0.1) is 0 Å². The maximum absolute atomic E-state index is 12.6. The standard InChI is InChI=1S/C15H11ClF3NO3/c16-9-3-4-10(12(5-9)22-7-15(17,18)19)13(21)11-6-20-23-14(11)8-1-2-8/h3-6,8H,1-2,7H2. The van der Waals surface area contributed by atoms with Crippen molar-refractivity contribution in [1.82, 2.24) is 5.16 Å². The van der Waals surface area contributed by atoms with E-state index >= 15 is 0 Å². The third-order valence-corrected chi connectivity index (χ3v) is 3.61. The minimum Gasteiger partial charge on any atom is -0.483 e. The highest BCUT2D eigenvalue weighted by Crippen LogP contribution is 2.42. The molecule has 1 aliphatic carbocycles. The first-order valence-electron chi connectivity index (χ1n) is 6.83. The minimum atomic E-state index is -4.51. The normalized spacial score (nSPS) is 14.8. The second-order valence-electron chi connectivity index (χ2n) is 5.25. The molecule has 0 spiro atoms. The molecule has 1 fully saturated rings. The molecule has 2 aromatic rings. The van der Waals surface area contributed by atoms with Crippen molar-refractivity contribution in [1.29, 1.82) is 0 Å². The molecule has 0 bridgehead atoms. The zero-order chi connectivity index (χ0) is 16.6. The van der Waals surface area contributed by atoms with Crippen LogP contribution in [0.1, 0.15) is 40.4 Å². The predicted octanol–water partition coefficient (Wildman–Crippen LogP) is 4.38. The number of halogens is 4. The van der Waals surface area contributed by atoms with Crippen molar-refractivity contribution in [3.8, 4) is 5.75 Å². The van der Waals surface area contributed by atoms with Crippen LogP contribution < -0.4 is 4.74 Å². The molecular formula is C15H11ClF3NO3. The van der Waals surface area contributed by atoms with Crippen LogP contribution in [0.5, 0.6) is 5.75 Å². The lowest BCUT2D eigenvalue weighted by Crippen LogP contribution is -2.20. The lowest BCUT2D eigenvalue weighted by atomic mass is 10.0. The van der Waals surface area contributed by atoms with Crippen LogP contribution in [0.2, 0.25) is 5.02 Å². The summed E-state index contributed by atoms with van der Waals surface area (Å²) in [6.07, 6.45) is -1.45. The number of nitrogens with zero attached hydrogens (tertiary/aromatic N) is 1. The van der Waals surface area contributed by atoms with Gasteiger partial charge in [-0.1, -0.05) is 16.8 Å². The fourth-order valence-electron chi connectivity index (χ4n) is 2.17. The molecule has 8 heteroatoms. The van der Waals surface area contributed by atoms with Gasteiger partial charge in [-0.2, -0.15) is 13.2 Å². The SMILES string of the molecule is O=C(c1ccc(Cl)cc1OCC(F)(F)F)c1cnoc1C1CC1. The van der Waals surface area contributed by atoms with Gasteiger partial charge in [0.1, 0.15) is 5.75 Å². The monoisotopic (exact) mass is 345 g/mol. The van der Waals surface area contributed by atoms with Gasteiger partial charge in [-0.25, -0.2) is 0 Å². The van der Waals surface area contributed by atoms with Gasteiger partial charge in [0.2, 0.25) is 5.78 Å². The number of ketones is 1. The molecule has 0 amide bonds. The predicted molar refractivity (Wildman–Crippen MR) is 74.9 cm³/mol. The largest absolute Gasteiger partial charge is 0.483 e. The second kappa shape index (κ2) is 5.88. The van der Waals surface area contributed by atoms with Crippen molar-refractivity contribution >= 4 is 17.4 Å². The second-order valence-corrected chi connectivity index (χ2v) is 5.69. The maximum Gasteiger partial charge on any atom is 0.422 e. The summed E-state index contributed by atoms with van der Waals surface area (Å²) in [6, 6.07) is 3.93. The maximum atomic E-state index is 12.6. The first-order chi connectivity index (χ1) is 10.8. The fourth-order valence-corrected chi connectivity index (χ4v) is 2.33. The Balaban J connectivity index is 1.91. The van der Waals surface area contributed by atoms with Gasteiger partial charge in [0.05, 0.1) is 17.3 Å². The lowest BCUT2D eigenvalue weighted by Gasteiger charge is -2.12. The van der Waals surface area contributed by atoms with Gasteiger partial charge in [-0.05, 0) is 31.0 Å². The van der Waals surface area contributed by atoms with E-state index < -0.39 is 18.6 Å². The summed E-state index contributed by atoms with van der Waals surface area (Å²) in [5.74, 6) is -0.111. The van der Waals surface area contributed by atoms with Crippen LogP contribution >= 0.6 is 11.6 Å². The molecule has 0 saturated heterocycles. The quantitative estimate of drug-likeness (QED) is 0.755. The highest BCUT2D eigenvalue weighted by atomic mass is 35.5. The number of rotatable bonds is 5. The Morgan fingerprint density at radius 2 is 2.09 bits per heavy atom. The van der Waals surface area contributed by atoms with Crippen molar-refractivity contribution in [3.63, 3.8) is 0 Å². The van der Waals surface area contributed by atoms with E-state index in [-0.39, 0.29) is 27.8 Å². The van der Waals surface area contributed by atoms with Gasteiger partial charge in [0, 0.05) is 10.9 Å². The van der Waals surface area contributed by atoms with Crippen molar-refractivity contribution < 1.29 is 27.2 Å². The molecule has 122 valence electrons. The molecule has 0 N–H and O–H groups in total. The van der Waals surface area contributed by atoms with Crippen molar-refractivity contribution in [3.05, 3.63) is 46.3 Å². The third kappa shape index (κ3) is 3.67. The molecule has 1 aromatic carbocycles. The van der Waals surface area contributed by atoms with Crippen LogP contribution in [0.4, 0.5) is 13.2 Å². The third-order valence-electron chi connectivity index (χ3n) is 3.37. The molecule has 23 heavy (non-hydrogen) atoms. The van der Waals surface area contributed by atoms with Crippen LogP contribution in [0.15, 0.2) is 28.9 Å². The van der Waals surface area contributed by atoms with Crippen molar-refractivity contribution in [2.45, 2.75) is 24.9 Å². The Hall–Kier alpha value is -2.02. The smallest absolute Gasteiger partial charge is 0.422 e. The van der Waals surface area contributed by atoms with Crippen LogP contribution in [-0.2, 0) is 0 Å². The molecule has 0 aliphatic heterocycles. The highest BCUT2D eigenvalue weighted by molar-refractivity contribution is 6.31. The average Bonchev–Trinajstić information content (AvgIpc) is 3.21. The summed E-state index contributed by atoms with van der Waals surface area (Å²) in [5, 5.41) is 3.79. The number of ether oxygens (including phenoxy) is 1. The van der Waals surface area contributed by atoms with Gasteiger partial charge in [0.15, 0.2) is 12.4 Å². The summed E-state index contributed by atoms with van der Waals surface area (Å²) < 4.78 is 46.9. The van der Waals surface area contributed by atoms with Gasteiger partial charge >= 0.3 is 6.18 Å². The Morgan fingerprint density at radius 3 is 2.74 bits per heavy atom. The molecule has 0 radical (unpaired) electrons. The molecule has 1 aliphatic rings. The van der Waals surface area contributed by atoms with Crippen LogP contribution in [0.3, 0.4) is 0 Å². The number of hydrogen-bond acceptors (Lipinski definition) is 4. The van der Waals surface area contributed by atoms with E-state index in [1.165, 1.54) is 24.4 Å². The Kier molecular flexibility index (Phi) is 4.06. The number of benzene rings is 1. The van der Waals surface area contributed by atoms with E-state index in [4.69, 9.17) is 20.9 Å². The Bertz CT molecular complexity index is 738. The summed E-state index contributed by atoms with van der Waals surface area (Å²) in [4.78, 5) is 12.6. The van der Waals surface area contributed by atoms with Crippen LogP contribution in [-0.4, -0.2) is 23.7 Å². The van der Waals surface area contributed by atoms with E-state index in [1.807, 2.05) is 0 Å². The fraction of sp³-hybridized carbons (Fsp3) is 0.333. The first kappa shape index (κ1) is 15.9. The van der Waals surface area contributed by atoms with E-state index in [0.717, 1.165) is 12.8 Å². The van der Waals surface area contributed by atoms with Gasteiger partial charge in [0.25, 0.3) is 0 Å². The first-order valence-corrected chi connectivity index (χ1v) is 7.21. The minimum absolute atomic E-state index is 0.0104. The molecule has 0 unspecified atom stereocenters. The topological polar surface area (TPSA) is 52.3 Å². The van der Waals surface area contributed by atoms with Gasteiger partial charge in [-0.3, -0.25) is 4.79 Å². The zero-order valence-corrected chi connectivity index (χ0v) is 12.4. The molecule has 0 atom stereocenters. The zero-order valence-electron chi connectivity index (χ0n) is 11.7. The van der Waals surface area contributed by atoms with E-state index in [1.54, 1.807) is 0 Å². The molecule has 3 rings (SSSR count). The van der Waals surface area contributed by atoms with E-state index in [0.29, 0.717) is 5.76 Å². The lowest BCUT2D eigenvalue weighted by molar-refractivity contribution is -0.153. The van der Waals surface area contributed by atoms with E-state index in [2.05, 4.69) is 5.16 Å².